The fourth-order valence-corrected chi connectivity index (χ4v) is 3.45. The van der Waals surface area contributed by atoms with Crippen molar-refractivity contribution in [2.45, 2.75) is 6.54 Å². The highest BCUT2D eigenvalue weighted by molar-refractivity contribution is 6.08. The zero-order valence-electron chi connectivity index (χ0n) is 17.5. The van der Waals surface area contributed by atoms with Crippen molar-refractivity contribution < 1.29 is 19.4 Å². The van der Waals surface area contributed by atoms with Gasteiger partial charge in [0, 0.05) is 36.1 Å². The Balaban J connectivity index is 1.93. The second-order valence-corrected chi connectivity index (χ2v) is 7.01. The number of hydrogen-bond donors (Lipinski definition) is 3. The van der Waals surface area contributed by atoms with Gasteiger partial charge in [-0.2, -0.15) is 0 Å². The Morgan fingerprint density at radius 1 is 1.16 bits per heavy atom. The third kappa shape index (κ3) is 4.08. The molecule has 4 rings (SSSR count). The summed E-state index contributed by atoms with van der Waals surface area (Å²) in [6.45, 7) is 0.228. The number of carbonyl (C=O) groups excluding carboxylic acids is 1. The third-order valence-electron chi connectivity index (χ3n) is 5.01. The minimum Gasteiger partial charge on any atom is -0.497 e. The number of fused-ring (bicyclic) bond motifs is 1. The van der Waals surface area contributed by atoms with Crippen molar-refractivity contribution in [3.05, 3.63) is 78.0 Å². The van der Waals surface area contributed by atoms with Crippen molar-refractivity contribution in [2.24, 2.45) is 0 Å². The zero-order chi connectivity index (χ0) is 22.7. The summed E-state index contributed by atoms with van der Waals surface area (Å²) >= 11 is 0. The SMILES string of the molecule is CNC(=O)c1ccc2nc(Cn3ccnc3)c(C(=O)O)c(Nc3ccc(OC)cc3)c2c1. The van der Waals surface area contributed by atoms with Crippen LogP contribution in [0.5, 0.6) is 5.75 Å². The van der Waals surface area contributed by atoms with E-state index in [-0.39, 0.29) is 18.0 Å². The molecule has 3 N–H and O–H groups in total. The number of ether oxygens (including phenoxy) is 1. The van der Waals surface area contributed by atoms with Gasteiger partial charge in [0.15, 0.2) is 0 Å². The number of nitrogens with one attached hydrogen (secondary N) is 2. The summed E-state index contributed by atoms with van der Waals surface area (Å²) in [5.41, 5.74) is 2.38. The molecule has 32 heavy (non-hydrogen) atoms. The van der Waals surface area contributed by atoms with E-state index < -0.39 is 5.97 Å². The van der Waals surface area contributed by atoms with Crippen molar-refractivity contribution in [1.82, 2.24) is 19.9 Å². The summed E-state index contributed by atoms with van der Waals surface area (Å²) in [4.78, 5) is 33.2. The molecule has 0 radical (unpaired) electrons. The Bertz CT molecular complexity index is 1280. The molecule has 1 amide bonds. The summed E-state index contributed by atoms with van der Waals surface area (Å²) in [7, 11) is 3.11. The van der Waals surface area contributed by atoms with Gasteiger partial charge >= 0.3 is 5.97 Å². The number of amides is 1. The number of carboxylic acids is 1. The molecule has 0 saturated heterocycles. The van der Waals surface area contributed by atoms with Crippen LogP contribution in [0.4, 0.5) is 11.4 Å². The zero-order valence-corrected chi connectivity index (χ0v) is 17.5. The molecule has 2 aromatic carbocycles. The maximum absolute atomic E-state index is 12.4. The normalized spacial score (nSPS) is 10.7. The lowest BCUT2D eigenvalue weighted by Crippen LogP contribution is -2.18. The lowest BCUT2D eigenvalue weighted by Gasteiger charge is -2.17. The van der Waals surface area contributed by atoms with E-state index in [4.69, 9.17) is 4.74 Å². The number of carbonyl (C=O) groups is 2. The largest absolute Gasteiger partial charge is 0.497 e. The van der Waals surface area contributed by atoms with Gasteiger partial charge in [-0.15, -0.1) is 0 Å². The van der Waals surface area contributed by atoms with Crippen LogP contribution in [0.15, 0.2) is 61.2 Å². The van der Waals surface area contributed by atoms with E-state index in [1.807, 2.05) is 0 Å². The fraction of sp³-hybridized carbons (Fsp3) is 0.130. The molecule has 0 saturated carbocycles. The van der Waals surface area contributed by atoms with Crippen LogP contribution in [-0.2, 0) is 6.54 Å². The Morgan fingerprint density at radius 2 is 1.94 bits per heavy atom. The molecule has 2 heterocycles. The van der Waals surface area contributed by atoms with Gasteiger partial charge in [-0.3, -0.25) is 4.79 Å². The number of carboxylic acid groups (broad SMARTS) is 1. The van der Waals surface area contributed by atoms with E-state index >= 15 is 0 Å². The van der Waals surface area contributed by atoms with E-state index in [0.717, 1.165) is 0 Å². The molecule has 4 aromatic rings. The van der Waals surface area contributed by atoms with Gasteiger partial charge < -0.3 is 25.0 Å². The van der Waals surface area contributed by atoms with Crippen LogP contribution >= 0.6 is 0 Å². The number of benzene rings is 2. The first kappa shape index (κ1) is 20.9. The van der Waals surface area contributed by atoms with E-state index in [1.165, 1.54) is 7.05 Å². The number of anilines is 2. The minimum absolute atomic E-state index is 0.0241. The molecule has 0 unspecified atom stereocenters. The Labute approximate surface area is 183 Å². The van der Waals surface area contributed by atoms with Gasteiger partial charge in [-0.25, -0.2) is 14.8 Å². The number of hydrogen-bond acceptors (Lipinski definition) is 6. The molecule has 0 bridgehead atoms. The molecular weight excluding hydrogens is 410 g/mol. The first-order chi connectivity index (χ1) is 15.5. The average Bonchev–Trinajstić information content (AvgIpc) is 3.31. The molecule has 0 aliphatic rings. The van der Waals surface area contributed by atoms with Crippen LogP contribution in [-0.4, -0.2) is 45.7 Å². The summed E-state index contributed by atoms with van der Waals surface area (Å²) in [5, 5.41) is 16.4. The van der Waals surface area contributed by atoms with E-state index in [0.29, 0.717) is 39.3 Å². The van der Waals surface area contributed by atoms with Gasteiger partial charge in [-0.05, 0) is 42.5 Å². The monoisotopic (exact) mass is 431 g/mol. The molecule has 9 nitrogen and oxygen atoms in total. The van der Waals surface area contributed by atoms with Gasteiger partial charge in [-0.1, -0.05) is 0 Å². The lowest BCUT2D eigenvalue weighted by molar-refractivity contribution is 0.0696. The molecule has 162 valence electrons. The predicted molar refractivity (Wildman–Crippen MR) is 120 cm³/mol. The summed E-state index contributed by atoms with van der Waals surface area (Å²) in [6, 6.07) is 12.1. The standard InChI is InChI=1S/C23H21N5O4/c1-24-22(29)14-3-8-18-17(11-14)21(26-15-4-6-16(32-2)7-5-15)20(23(30)31)19(27-18)12-28-10-9-25-13-28/h3-11,13H,12H2,1-2H3,(H,24,29)(H,26,27)(H,30,31). The van der Waals surface area contributed by atoms with Crippen molar-refractivity contribution >= 4 is 34.2 Å². The van der Waals surface area contributed by atoms with Gasteiger partial charge in [0.1, 0.15) is 11.3 Å². The van der Waals surface area contributed by atoms with Crippen LogP contribution in [0.2, 0.25) is 0 Å². The first-order valence-corrected chi connectivity index (χ1v) is 9.79. The number of rotatable bonds is 7. The molecule has 9 heteroatoms. The van der Waals surface area contributed by atoms with E-state index in [2.05, 4.69) is 20.6 Å². The second kappa shape index (κ2) is 8.76. The molecule has 0 spiro atoms. The minimum atomic E-state index is -1.13. The van der Waals surface area contributed by atoms with Gasteiger partial charge in [0.25, 0.3) is 5.91 Å². The highest BCUT2D eigenvalue weighted by Gasteiger charge is 2.22. The van der Waals surface area contributed by atoms with Crippen molar-refractivity contribution in [3.63, 3.8) is 0 Å². The molecule has 0 atom stereocenters. The maximum atomic E-state index is 12.4. The highest BCUT2D eigenvalue weighted by atomic mass is 16.5. The number of aromatic nitrogens is 3. The molecular formula is C23H21N5O4. The van der Waals surface area contributed by atoms with Crippen LogP contribution in [0.3, 0.4) is 0 Å². The van der Waals surface area contributed by atoms with Gasteiger partial charge in [0.05, 0.1) is 36.9 Å². The van der Waals surface area contributed by atoms with Crippen LogP contribution < -0.4 is 15.4 Å². The summed E-state index contributed by atoms with van der Waals surface area (Å²) in [5.74, 6) is -0.728. The molecule has 2 aromatic heterocycles. The maximum Gasteiger partial charge on any atom is 0.339 e. The molecule has 0 fully saturated rings. The lowest BCUT2D eigenvalue weighted by atomic mass is 10.0. The van der Waals surface area contributed by atoms with Crippen LogP contribution in [0.25, 0.3) is 10.9 Å². The smallest absolute Gasteiger partial charge is 0.339 e. The van der Waals surface area contributed by atoms with Crippen molar-refractivity contribution in [3.8, 4) is 5.75 Å². The van der Waals surface area contributed by atoms with Crippen LogP contribution in [0, 0.1) is 0 Å². The third-order valence-corrected chi connectivity index (χ3v) is 5.01. The fourth-order valence-electron chi connectivity index (χ4n) is 3.45. The number of aromatic carboxylic acids is 1. The Hall–Kier alpha value is -4.40. The quantitative estimate of drug-likeness (QED) is 0.411. The molecule has 0 aliphatic carbocycles. The Morgan fingerprint density at radius 3 is 2.56 bits per heavy atom. The second-order valence-electron chi connectivity index (χ2n) is 7.01. The van der Waals surface area contributed by atoms with E-state index in [1.54, 1.807) is 72.9 Å². The van der Waals surface area contributed by atoms with Crippen molar-refractivity contribution in [1.29, 1.82) is 0 Å². The van der Waals surface area contributed by atoms with Crippen LogP contribution in [0.1, 0.15) is 26.4 Å². The highest BCUT2D eigenvalue weighted by Crippen LogP contribution is 2.33. The van der Waals surface area contributed by atoms with E-state index in [9.17, 15) is 14.7 Å². The molecule has 0 aliphatic heterocycles. The number of pyridine rings is 1. The first-order valence-electron chi connectivity index (χ1n) is 9.79. The topological polar surface area (TPSA) is 118 Å². The number of nitrogens with zero attached hydrogens (tertiary/aromatic N) is 3. The van der Waals surface area contributed by atoms with Crippen molar-refractivity contribution in [2.75, 3.05) is 19.5 Å². The van der Waals surface area contributed by atoms with Gasteiger partial charge in [0.2, 0.25) is 0 Å². The predicted octanol–water partition coefficient (Wildman–Crippen LogP) is 3.29. The average molecular weight is 431 g/mol. The number of methoxy groups -OCH3 is 1. The summed E-state index contributed by atoms with van der Waals surface area (Å²) in [6.07, 6.45) is 4.96. The number of imidazole rings is 1. The summed E-state index contributed by atoms with van der Waals surface area (Å²) < 4.78 is 6.95. The Kier molecular flexibility index (Phi) is 5.71.